The lowest BCUT2D eigenvalue weighted by Crippen LogP contribution is -2.50. The molecule has 23 heavy (non-hydrogen) atoms. The fraction of sp³-hybridized carbons (Fsp3) is 0.688. The Morgan fingerprint density at radius 2 is 2.13 bits per heavy atom. The Hall–Kier alpha value is -1.89. The summed E-state index contributed by atoms with van der Waals surface area (Å²) in [4.78, 5) is 22.6. The van der Waals surface area contributed by atoms with Crippen molar-refractivity contribution in [2.45, 2.75) is 31.4 Å². The van der Waals surface area contributed by atoms with Gasteiger partial charge in [0.05, 0.1) is 12.7 Å². The van der Waals surface area contributed by atoms with Crippen molar-refractivity contribution in [1.82, 2.24) is 20.2 Å². The summed E-state index contributed by atoms with van der Waals surface area (Å²) in [6.45, 7) is 3.10. The number of likely N-dealkylation sites (tertiary alicyclic amines) is 1. The molecule has 0 aromatic carbocycles. The largest absolute Gasteiger partial charge is 0.376 e. The van der Waals surface area contributed by atoms with Crippen molar-refractivity contribution >= 4 is 12.0 Å². The van der Waals surface area contributed by atoms with Gasteiger partial charge in [-0.2, -0.15) is 0 Å². The first-order chi connectivity index (χ1) is 11.3. The van der Waals surface area contributed by atoms with Crippen LogP contribution in [0.4, 0.5) is 10.7 Å². The van der Waals surface area contributed by atoms with Gasteiger partial charge in [0.25, 0.3) is 0 Å². The maximum absolute atomic E-state index is 12.3. The molecule has 2 N–H and O–H groups in total. The molecule has 0 bridgehead atoms. The van der Waals surface area contributed by atoms with Crippen LogP contribution in [0, 0.1) is 11.8 Å². The zero-order valence-corrected chi connectivity index (χ0v) is 13.1. The number of nitrogens with one attached hydrogen (secondary N) is 2. The fourth-order valence-corrected chi connectivity index (χ4v) is 3.50. The summed E-state index contributed by atoms with van der Waals surface area (Å²) >= 11 is 0. The summed E-state index contributed by atoms with van der Waals surface area (Å²) in [5, 5.41) is 6.33. The summed E-state index contributed by atoms with van der Waals surface area (Å²) in [5.74, 6) is 1.58. The van der Waals surface area contributed by atoms with Gasteiger partial charge in [0.1, 0.15) is 0 Å². The summed E-state index contributed by atoms with van der Waals surface area (Å²) in [6.07, 6.45) is 6.83. The lowest BCUT2D eigenvalue weighted by molar-refractivity contribution is 0.0904. The molecular weight excluding hydrogens is 294 g/mol. The summed E-state index contributed by atoms with van der Waals surface area (Å²) in [7, 11) is 0. The summed E-state index contributed by atoms with van der Waals surface area (Å²) in [5.41, 5.74) is 0. The van der Waals surface area contributed by atoms with E-state index in [0.29, 0.717) is 30.4 Å². The van der Waals surface area contributed by atoms with Crippen LogP contribution in [0.3, 0.4) is 0 Å². The van der Waals surface area contributed by atoms with Crippen molar-refractivity contribution in [3.8, 4) is 0 Å². The number of nitrogens with zero attached hydrogens (tertiary/aromatic N) is 3. The predicted molar refractivity (Wildman–Crippen MR) is 85.0 cm³/mol. The lowest BCUT2D eigenvalue weighted by atomic mass is 9.84. The van der Waals surface area contributed by atoms with E-state index in [1.165, 1.54) is 0 Å². The normalized spacial score (nSPS) is 29.9. The van der Waals surface area contributed by atoms with Gasteiger partial charge in [-0.15, -0.1) is 0 Å². The molecule has 3 heterocycles. The van der Waals surface area contributed by atoms with Gasteiger partial charge in [0, 0.05) is 44.0 Å². The Morgan fingerprint density at radius 1 is 1.30 bits per heavy atom. The van der Waals surface area contributed by atoms with E-state index in [-0.39, 0.29) is 12.1 Å². The van der Waals surface area contributed by atoms with Gasteiger partial charge in [0.2, 0.25) is 5.95 Å². The maximum atomic E-state index is 12.3. The first-order valence-electron chi connectivity index (χ1n) is 8.47. The number of rotatable bonds is 4. The average molecular weight is 317 g/mol. The molecule has 0 unspecified atom stereocenters. The predicted octanol–water partition coefficient (Wildman–Crippen LogP) is 1.10. The monoisotopic (exact) mass is 317 g/mol. The highest BCUT2D eigenvalue weighted by atomic mass is 16.5. The first kappa shape index (κ1) is 14.7. The molecule has 2 saturated heterocycles. The van der Waals surface area contributed by atoms with Crippen molar-refractivity contribution in [3.63, 3.8) is 0 Å². The van der Waals surface area contributed by atoms with Gasteiger partial charge in [-0.1, -0.05) is 0 Å². The quantitative estimate of drug-likeness (QED) is 0.869. The van der Waals surface area contributed by atoms with Crippen LogP contribution in [0.5, 0.6) is 0 Å². The van der Waals surface area contributed by atoms with Gasteiger partial charge < -0.3 is 20.3 Å². The van der Waals surface area contributed by atoms with Gasteiger partial charge in [-0.05, 0) is 31.2 Å². The van der Waals surface area contributed by atoms with Crippen LogP contribution in [0.2, 0.25) is 0 Å². The molecule has 0 spiro atoms. The zero-order chi connectivity index (χ0) is 15.6. The van der Waals surface area contributed by atoms with Crippen LogP contribution < -0.4 is 10.6 Å². The van der Waals surface area contributed by atoms with E-state index in [1.807, 2.05) is 4.90 Å². The second-order valence-electron chi connectivity index (χ2n) is 6.71. The second kappa shape index (κ2) is 6.31. The standard InChI is InChI=1S/C16H23N5O2/c22-16(20-12-2-3-12)21-7-4-11-10-23-14(13(11)9-21)8-19-15-17-5-1-6-18-15/h1,5-6,11-14H,2-4,7-10H2,(H,20,22)(H,17,18,19)/t11-,13-,14+/m0/s1. The maximum Gasteiger partial charge on any atom is 0.317 e. The molecule has 0 radical (unpaired) electrons. The zero-order valence-electron chi connectivity index (χ0n) is 13.1. The van der Waals surface area contributed by atoms with Gasteiger partial charge >= 0.3 is 6.03 Å². The highest BCUT2D eigenvalue weighted by molar-refractivity contribution is 5.75. The number of fused-ring (bicyclic) bond motifs is 1. The van der Waals surface area contributed by atoms with Crippen LogP contribution in [-0.4, -0.2) is 59.3 Å². The number of aromatic nitrogens is 2. The Kier molecular flexibility index (Phi) is 4.03. The molecule has 2 amide bonds. The third kappa shape index (κ3) is 3.39. The summed E-state index contributed by atoms with van der Waals surface area (Å²) in [6, 6.07) is 2.30. The smallest absolute Gasteiger partial charge is 0.317 e. The highest BCUT2D eigenvalue weighted by Crippen LogP contribution is 2.34. The van der Waals surface area contributed by atoms with Crippen molar-refractivity contribution < 1.29 is 9.53 Å². The number of hydrogen-bond donors (Lipinski definition) is 2. The Balaban J connectivity index is 1.33. The molecule has 3 aliphatic rings. The van der Waals surface area contributed by atoms with E-state index in [4.69, 9.17) is 4.74 Å². The molecule has 1 aliphatic carbocycles. The molecule has 4 rings (SSSR count). The van der Waals surface area contributed by atoms with E-state index >= 15 is 0 Å². The SMILES string of the molecule is O=C(NC1CC1)N1CC[C@H]2CO[C@H](CNc3ncccn3)[C@H]2C1. The third-order valence-electron chi connectivity index (χ3n) is 5.03. The molecule has 3 fully saturated rings. The van der Waals surface area contributed by atoms with Crippen molar-refractivity contribution in [1.29, 1.82) is 0 Å². The molecule has 1 aromatic heterocycles. The Labute approximate surface area is 135 Å². The van der Waals surface area contributed by atoms with Crippen LogP contribution in [0.25, 0.3) is 0 Å². The Morgan fingerprint density at radius 3 is 2.91 bits per heavy atom. The molecular formula is C16H23N5O2. The molecule has 7 heteroatoms. The third-order valence-corrected chi connectivity index (χ3v) is 5.03. The lowest BCUT2D eigenvalue weighted by Gasteiger charge is -2.36. The van der Waals surface area contributed by atoms with Gasteiger partial charge in [0.15, 0.2) is 0 Å². The molecule has 124 valence electrons. The van der Waals surface area contributed by atoms with Crippen LogP contribution >= 0.6 is 0 Å². The topological polar surface area (TPSA) is 79.4 Å². The molecule has 7 nitrogen and oxygen atoms in total. The fourth-order valence-electron chi connectivity index (χ4n) is 3.50. The van der Waals surface area contributed by atoms with E-state index < -0.39 is 0 Å². The number of carbonyl (C=O) groups is 1. The van der Waals surface area contributed by atoms with Crippen LogP contribution in [0.1, 0.15) is 19.3 Å². The number of piperidine rings is 1. The molecule has 1 aromatic rings. The number of hydrogen-bond acceptors (Lipinski definition) is 5. The van der Waals surface area contributed by atoms with E-state index in [2.05, 4.69) is 20.6 Å². The van der Waals surface area contributed by atoms with Crippen molar-refractivity contribution in [3.05, 3.63) is 18.5 Å². The minimum atomic E-state index is 0.0935. The van der Waals surface area contributed by atoms with E-state index in [1.54, 1.807) is 18.5 Å². The van der Waals surface area contributed by atoms with E-state index in [0.717, 1.165) is 39.0 Å². The number of carbonyl (C=O) groups excluding carboxylic acids is 1. The number of anilines is 1. The molecule has 2 aliphatic heterocycles. The van der Waals surface area contributed by atoms with Crippen LogP contribution in [0.15, 0.2) is 18.5 Å². The summed E-state index contributed by atoms with van der Waals surface area (Å²) < 4.78 is 5.97. The highest BCUT2D eigenvalue weighted by Gasteiger charge is 2.42. The van der Waals surface area contributed by atoms with Crippen LogP contribution in [-0.2, 0) is 4.74 Å². The second-order valence-corrected chi connectivity index (χ2v) is 6.71. The van der Waals surface area contributed by atoms with Gasteiger partial charge in [-0.25, -0.2) is 14.8 Å². The molecule has 1 saturated carbocycles. The minimum absolute atomic E-state index is 0.0935. The number of urea groups is 1. The van der Waals surface area contributed by atoms with Crippen molar-refractivity contribution in [2.24, 2.45) is 11.8 Å². The minimum Gasteiger partial charge on any atom is -0.376 e. The molecule has 3 atom stereocenters. The number of ether oxygens (including phenoxy) is 1. The Bertz CT molecular complexity index is 551. The number of amides is 2. The van der Waals surface area contributed by atoms with Crippen molar-refractivity contribution in [2.75, 3.05) is 31.6 Å². The van der Waals surface area contributed by atoms with E-state index in [9.17, 15) is 4.79 Å². The average Bonchev–Trinajstić information content (AvgIpc) is 3.31. The van der Waals surface area contributed by atoms with Gasteiger partial charge in [-0.3, -0.25) is 0 Å². The first-order valence-corrected chi connectivity index (χ1v) is 8.47.